The molecule has 0 spiro atoms. The lowest BCUT2D eigenvalue weighted by molar-refractivity contribution is -0.143. The summed E-state index contributed by atoms with van der Waals surface area (Å²) in [4.78, 5) is 23.7. The Morgan fingerprint density at radius 2 is 1.74 bits per heavy atom. The van der Waals surface area contributed by atoms with Crippen LogP contribution >= 0.6 is 11.8 Å². The van der Waals surface area contributed by atoms with Gasteiger partial charge in [-0.15, -0.1) is 11.8 Å². The molecule has 0 aliphatic rings. The molecule has 1 aromatic carbocycles. The van der Waals surface area contributed by atoms with Crippen molar-refractivity contribution < 1.29 is 23.8 Å². The van der Waals surface area contributed by atoms with Gasteiger partial charge in [-0.1, -0.05) is 18.2 Å². The fourth-order valence-corrected chi connectivity index (χ4v) is 3.08. The number of esters is 2. The number of carbonyl (C=O) groups excluding carboxylic acids is 2. The average molecular weight is 340 g/mol. The van der Waals surface area contributed by atoms with Crippen molar-refractivity contribution in [1.29, 1.82) is 0 Å². The minimum absolute atomic E-state index is 0.255. The van der Waals surface area contributed by atoms with Crippen molar-refractivity contribution in [2.45, 2.75) is 32.4 Å². The molecule has 6 heteroatoms. The molecule has 0 radical (unpaired) electrons. The molecule has 0 bridgehead atoms. The molecular formula is C17H24O5S. The van der Waals surface area contributed by atoms with Crippen molar-refractivity contribution in [2.75, 3.05) is 25.6 Å². The van der Waals surface area contributed by atoms with Crippen LogP contribution in [-0.2, 0) is 19.1 Å². The molecule has 0 fully saturated rings. The zero-order valence-corrected chi connectivity index (χ0v) is 14.7. The number of rotatable bonds is 10. The number of hydrogen-bond acceptors (Lipinski definition) is 6. The number of benzene rings is 1. The minimum atomic E-state index is -0.521. The average Bonchev–Trinajstić information content (AvgIpc) is 2.53. The van der Waals surface area contributed by atoms with Gasteiger partial charge >= 0.3 is 11.9 Å². The lowest BCUT2D eigenvalue weighted by Crippen LogP contribution is -2.16. The molecule has 0 aliphatic carbocycles. The van der Waals surface area contributed by atoms with Crippen LogP contribution in [0.1, 0.15) is 38.0 Å². The van der Waals surface area contributed by atoms with Crippen molar-refractivity contribution in [3.8, 4) is 5.75 Å². The van der Waals surface area contributed by atoms with Crippen LogP contribution in [0.15, 0.2) is 24.3 Å². The summed E-state index contributed by atoms with van der Waals surface area (Å²) < 4.78 is 15.7. The topological polar surface area (TPSA) is 61.8 Å². The van der Waals surface area contributed by atoms with Gasteiger partial charge in [-0.2, -0.15) is 0 Å². The largest absolute Gasteiger partial charge is 0.494 e. The van der Waals surface area contributed by atoms with Gasteiger partial charge in [-0.25, -0.2) is 0 Å². The number of hydrogen-bond donors (Lipinski definition) is 0. The first-order chi connectivity index (χ1) is 11.1. The summed E-state index contributed by atoms with van der Waals surface area (Å²) in [5.74, 6) is 0.550. The normalized spacial score (nSPS) is 11.6. The van der Waals surface area contributed by atoms with Crippen molar-refractivity contribution >= 4 is 23.7 Å². The van der Waals surface area contributed by atoms with Gasteiger partial charge in [-0.3, -0.25) is 9.59 Å². The Morgan fingerprint density at radius 3 is 2.39 bits per heavy atom. The van der Waals surface area contributed by atoms with Gasteiger partial charge in [0.05, 0.1) is 26.2 Å². The highest BCUT2D eigenvalue weighted by Crippen LogP contribution is 2.36. The van der Waals surface area contributed by atoms with E-state index in [0.29, 0.717) is 31.3 Å². The van der Waals surface area contributed by atoms with E-state index >= 15 is 0 Å². The first-order valence-electron chi connectivity index (χ1n) is 7.79. The summed E-state index contributed by atoms with van der Waals surface area (Å²) in [6.07, 6.45) is 0.255. The van der Waals surface area contributed by atoms with Crippen LogP contribution in [0.3, 0.4) is 0 Å². The predicted molar refractivity (Wildman–Crippen MR) is 90.7 cm³/mol. The Morgan fingerprint density at radius 1 is 1.04 bits per heavy atom. The van der Waals surface area contributed by atoms with Gasteiger partial charge in [0.2, 0.25) is 0 Å². The molecule has 1 unspecified atom stereocenters. The Kier molecular flexibility index (Phi) is 9.21. The van der Waals surface area contributed by atoms with E-state index in [1.165, 1.54) is 11.8 Å². The van der Waals surface area contributed by atoms with Gasteiger partial charge in [0, 0.05) is 11.3 Å². The second-order valence-electron chi connectivity index (χ2n) is 4.53. The predicted octanol–water partition coefficient (Wildman–Crippen LogP) is 3.38. The first kappa shape index (κ1) is 19.4. The highest BCUT2D eigenvalue weighted by Gasteiger charge is 2.26. The second-order valence-corrected chi connectivity index (χ2v) is 5.74. The van der Waals surface area contributed by atoms with Crippen molar-refractivity contribution in [3.63, 3.8) is 0 Å². The fraction of sp³-hybridized carbons (Fsp3) is 0.529. The van der Waals surface area contributed by atoms with E-state index in [1.54, 1.807) is 13.8 Å². The fourth-order valence-electron chi connectivity index (χ4n) is 1.98. The van der Waals surface area contributed by atoms with E-state index in [4.69, 9.17) is 14.2 Å². The molecule has 0 heterocycles. The van der Waals surface area contributed by atoms with Crippen LogP contribution in [0.2, 0.25) is 0 Å². The Hall–Kier alpha value is -1.69. The molecule has 0 aliphatic heterocycles. The highest BCUT2D eigenvalue weighted by atomic mass is 32.2. The van der Waals surface area contributed by atoms with Crippen LogP contribution in [0.5, 0.6) is 5.75 Å². The smallest absolute Gasteiger partial charge is 0.323 e. The maximum Gasteiger partial charge on any atom is 0.323 e. The minimum Gasteiger partial charge on any atom is -0.494 e. The standard InChI is InChI=1S/C17H24O5S/c1-4-20-14-10-8-7-9-13(14)16(17(19)22-6-3)23-12-11-15(18)21-5-2/h7-10,16H,4-6,11-12H2,1-3H3. The molecule has 0 saturated carbocycles. The van der Waals surface area contributed by atoms with Crippen LogP contribution in [0.4, 0.5) is 0 Å². The van der Waals surface area contributed by atoms with Gasteiger partial charge in [0.25, 0.3) is 0 Å². The van der Waals surface area contributed by atoms with Crippen molar-refractivity contribution in [2.24, 2.45) is 0 Å². The highest BCUT2D eigenvalue weighted by molar-refractivity contribution is 8.00. The van der Waals surface area contributed by atoms with E-state index in [1.807, 2.05) is 31.2 Å². The van der Waals surface area contributed by atoms with Crippen molar-refractivity contribution in [3.05, 3.63) is 29.8 Å². The molecular weight excluding hydrogens is 316 g/mol. The van der Waals surface area contributed by atoms with Crippen LogP contribution < -0.4 is 4.74 Å². The third-order valence-electron chi connectivity index (χ3n) is 2.90. The summed E-state index contributed by atoms with van der Waals surface area (Å²) in [6, 6.07) is 7.40. The van der Waals surface area contributed by atoms with Crippen molar-refractivity contribution in [1.82, 2.24) is 0 Å². The third-order valence-corrected chi connectivity index (χ3v) is 4.12. The molecule has 0 saturated heterocycles. The number of para-hydroxylation sites is 1. The van der Waals surface area contributed by atoms with E-state index in [2.05, 4.69) is 0 Å². The van der Waals surface area contributed by atoms with Crippen LogP contribution in [0.25, 0.3) is 0 Å². The van der Waals surface area contributed by atoms with Gasteiger partial charge in [0.15, 0.2) is 0 Å². The molecule has 1 rings (SSSR count). The number of thioether (sulfide) groups is 1. The molecule has 5 nitrogen and oxygen atoms in total. The molecule has 0 N–H and O–H groups in total. The monoisotopic (exact) mass is 340 g/mol. The van der Waals surface area contributed by atoms with Gasteiger partial charge in [-0.05, 0) is 26.8 Å². The zero-order chi connectivity index (χ0) is 17.1. The van der Waals surface area contributed by atoms with E-state index in [-0.39, 0.29) is 18.4 Å². The molecule has 1 aromatic rings. The van der Waals surface area contributed by atoms with Crippen LogP contribution in [0, 0.1) is 0 Å². The maximum atomic E-state index is 12.3. The SMILES string of the molecule is CCOC(=O)CCSC(C(=O)OCC)c1ccccc1OCC. The molecule has 0 amide bonds. The third kappa shape index (κ3) is 6.52. The lowest BCUT2D eigenvalue weighted by Gasteiger charge is -2.18. The summed E-state index contributed by atoms with van der Waals surface area (Å²) in [5.41, 5.74) is 0.765. The van der Waals surface area contributed by atoms with E-state index in [0.717, 1.165) is 5.56 Å². The summed E-state index contributed by atoms with van der Waals surface area (Å²) in [7, 11) is 0. The lowest BCUT2D eigenvalue weighted by atomic mass is 10.1. The quantitative estimate of drug-likeness (QED) is 0.609. The van der Waals surface area contributed by atoms with Gasteiger partial charge < -0.3 is 14.2 Å². The van der Waals surface area contributed by atoms with E-state index in [9.17, 15) is 9.59 Å². The summed E-state index contributed by atoms with van der Waals surface area (Å²) in [5, 5.41) is -0.521. The molecule has 23 heavy (non-hydrogen) atoms. The number of carbonyl (C=O) groups is 2. The van der Waals surface area contributed by atoms with E-state index < -0.39 is 5.25 Å². The van der Waals surface area contributed by atoms with Crippen LogP contribution in [-0.4, -0.2) is 37.5 Å². The Balaban J connectivity index is 2.84. The summed E-state index contributed by atoms with van der Waals surface area (Å²) in [6.45, 7) is 6.62. The molecule has 1 atom stereocenters. The Labute approximate surface area is 141 Å². The van der Waals surface area contributed by atoms with Gasteiger partial charge in [0.1, 0.15) is 11.0 Å². The molecule has 128 valence electrons. The molecule has 0 aromatic heterocycles. The second kappa shape index (κ2) is 10.9. The Bertz CT molecular complexity index is 504. The summed E-state index contributed by atoms with van der Waals surface area (Å²) >= 11 is 1.36. The number of ether oxygens (including phenoxy) is 3. The maximum absolute atomic E-state index is 12.3. The zero-order valence-electron chi connectivity index (χ0n) is 13.9. The first-order valence-corrected chi connectivity index (χ1v) is 8.84.